The van der Waals surface area contributed by atoms with Gasteiger partial charge in [0.2, 0.25) is 0 Å². The zero-order valence-electron chi connectivity index (χ0n) is 34.5. The molecule has 0 atom stereocenters. The predicted molar refractivity (Wildman–Crippen MR) is 263 cm³/mol. The van der Waals surface area contributed by atoms with E-state index >= 15 is 0 Å². The quantitative estimate of drug-likeness (QED) is 0.156. The number of nitrogens with zero attached hydrogens (tertiary/aromatic N) is 2. The van der Waals surface area contributed by atoms with Gasteiger partial charge < -0.3 is 9.47 Å². The van der Waals surface area contributed by atoms with Crippen LogP contribution >= 0.6 is 0 Å². The fraction of sp³-hybridized carbons (Fsp3) is 0.0164. The molecule has 0 N–H and O–H groups in total. The minimum atomic E-state index is -0.495. The summed E-state index contributed by atoms with van der Waals surface area (Å²) in [6.45, 7) is 0. The first-order valence-electron chi connectivity index (χ1n) is 21.8. The molecule has 2 heteroatoms. The standard InChI is InChI=1S/C61H40N2/c1-5-16-41(17-6-1)43-28-32-47(33-29-43)62(48-34-30-44(31-35-48)42-18-7-2-8-19-42)49-36-37-51-52-25-15-26-54-58(52)59-55(61(54,45-20-9-3-10-21-45)46-22-11-4-12-23-46)39-38-53-50-24-13-14-27-56(50)63(60(53)59)57(51)40-49/h1-40H. The van der Waals surface area contributed by atoms with E-state index in [9.17, 15) is 0 Å². The number of anilines is 3. The number of aromatic nitrogens is 1. The van der Waals surface area contributed by atoms with Crippen molar-refractivity contribution in [1.29, 1.82) is 0 Å². The molecule has 63 heavy (non-hydrogen) atoms. The van der Waals surface area contributed by atoms with Crippen molar-refractivity contribution in [1.82, 2.24) is 4.57 Å². The molecule has 1 aliphatic heterocycles. The maximum absolute atomic E-state index is 2.58. The van der Waals surface area contributed by atoms with E-state index in [0.717, 1.165) is 17.1 Å². The highest BCUT2D eigenvalue weighted by atomic mass is 15.1. The normalized spacial score (nSPS) is 12.9. The minimum absolute atomic E-state index is 0.495. The fourth-order valence-corrected chi connectivity index (χ4v) is 10.9. The Morgan fingerprint density at radius 3 is 1.44 bits per heavy atom. The third-order valence-corrected chi connectivity index (χ3v) is 13.6. The Morgan fingerprint density at radius 1 is 0.333 bits per heavy atom. The molecule has 2 nitrogen and oxygen atoms in total. The minimum Gasteiger partial charge on any atom is -0.310 e. The van der Waals surface area contributed by atoms with Crippen molar-refractivity contribution in [3.05, 3.63) is 265 Å². The lowest BCUT2D eigenvalue weighted by Gasteiger charge is -2.34. The van der Waals surface area contributed by atoms with Crippen molar-refractivity contribution in [2.24, 2.45) is 0 Å². The number of hydrogen-bond acceptors (Lipinski definition) is 1. The number of para-hydroxylation sites is 1. The van der Waals surface area contributed by atoms with Crippen LogP contribution in [0.5, 0.6) is 0 Å². The number of benzene rings is 10. The van der Waals surface area contributed by atoms with Gasteiger partial charge >= 0.3 is 0 Å². The van der Waals surface area contributed by atoms with E-state index in [2.05, 4.69) is 252 Å². The van der Waals surface area contributed by atoms with Crippen molar-refractivity contribution >= 4 is 38.9 Å². The lowest BCUT2D eigenvalue weighted by Crippen LogP contribution is -2.28. The third kappa shape index (κ3) is 5.19. The Balaban J connectivity index is 1.08. The molecule has 13 rings (SSSR count). The Kier molecular flexibility index (Phi) is 7.85. The maximum atomic E-state index is 2.58. The smallest absolute Gasteiger partial charge is 0.0714 e. The molecule has 0 spiro atoms. The summed E-state index contributed by atoms with van der Waals surface area (Å²) in [7, 11) is 0. The maximum Gasteiger partial charge on any atom is 0.0714 e. The van der Waals surface area contributed by atoms with E-state index in [1.165, 1.54) is 94.3 Å². The Labute approximate surface area is 367 Å². The molecule has 10 aromatic carbocycles. The van der Waals surface area contributed by atoms with Crippen molar-refractivity contribution in [3.63, 3.8) is 0 Å². The summed E-state index contributed by atoms with van der Waals surface area (Å²) >= 11 is 0. The van der Waals surface area contributed by atoms with Gasteiger partial charge in [0.05, 0.1) is 22.1 Å². The molecule has 11 aromatic rings. The van der Waals surface area contributed by atoms with Gasteiger partial charge in [0.25, 0.3) is 0 Å². The van der Waals surface area contributed by atoms with Gasteiger partial charge in [-0.15, -0.1) is 0 Å². The number of hydrogen-bond donors (Lipinski definition) is 0. The second kappa shape index (κ2) is 13.9. The molecule has 294 valence electrons. The van der Waals surface area contributed by atoms with Gasteiger partial charge in [0.1, 0.15) is 0 Å². The molecule has 2 heterocycles. The van der Waals surface area contributed by atoms with Crippen LogP contribution in [0.1, 0.15) is 22.3 Å². The van der Waals surface area contributed by atoms with E-state index in [0.29, 0.717) is 0 Å². The molecule has 2 aliphatic rings. The lowest BCUT2D eigenvalue weighted by molar-refractivity contribution is 0.769. The molecular weight excluding hydrogens is 761 g/mol. The van der Waals surface area contributed by atoms with E-state index in [-0.39, 0.29) is 0 Å². The summed E-state index contributed by atoms with van der Waals surface area (Å²) in [5, 5.41) is 2.53. The summed E-state index contributed by atoms with van der Waals surface area (Å²) in [5.74, 6) is 0. The average Bonchev–Trinajstić information content (AvgIpc) is 3.82. The zero-order chi connectivity index (χ0) is 41.5. The molecule has 0 radical (unpaired) electrons. The van der Waals surface area contributed by atoms with Crippen LogP contribution in [-0.2, 0) is 5.41 Å². The first-order chi connectivity index (χ1) is 31.3. The lowest BCUT2D eigenvalue weighted by atomic mass is 9.67. The van der Waals surface area contributed by atoms with E-state index in [4.69, 9.17) is 0 Å². The second-order valence-corrected chi connectivity index (χ2v) is 16.8. The molecule has 0 unspecified atom stereocenters. The summed E-state index contributed by atoms with van der Waals surface area (Å²) in [6, 6.07) is 89.5. The van der Waals surface area contributed by atoms with Crippen LogP contribution in [0.15, 0.2) is 243 Å². The predicted octanol–water partition coefficient (Wildman–Crippen LogP) is 15.9. The van der Waals surface area contributed by atoms with E-state index < -0.39 is 5.41 Å². The van der Waals surface area contributed by atoms with Crippen LogP contribution in [0, 0.1) is 0 Å². The van der Waals surface area contributed by atoms with Gasteiger partial charge in [0.15, 0.2) is 0 Å². The Morgan fingerprint density at radius 2 is 0.841 bits per heavy atom. The fourth-order valence-electron chi connectivity index (χ4n) is 10.9. The third-order valence-electron chi connectivity index (χ3n) is 13.6. The highest BCUT2D eigenvalue weighted by Crippen LogP contribution is 2.62. The molecular formula is C61H40N2. The first-order valence-corrected chi connectivity index (χ1v) is 21.8. The highest BCUT2D eigenvalue weighted by Gasteiger charge is 2.49. The van der Waals surface area contributed by atoms with Crippen molar-refractivity contribution in [2.45, 2.75) is 5.41 Å². The number of rotatable bonds is 7. The molecule has 0 saturated carbocycles. The molecule has 0 fully saturated rings. The topological polar surface area (TPSA) is 8.17 Å². The van der Waals surface area contributed by atoms with Crippen LogP contribution < -0.4 is 4.90 Å². The van der Waals surface area contributed by atoms with Crippen LogP contribution in [-0.4, -0.2) is 4.57 Å². The molecule has 1 aliphatic carbocycles. The molecule has 0 saturated heterocycles. The first kappa shape index (κ1) is 35.5. The van der Waals surface area contributed by atoms with Crippen molar-refractivity contribution in [3.8, 4) is 50.2 Å². The second-order valence-electron chi connectivity index (χ2n) is 16.8. The summed E-state index contributed by atoms with van der Waals surface area (Å²) in [4.78, 5) is 2.41. The van der Waals surface area contributed by atoms with Gasteiger partial charge in [-0.05, 0) is 98.1 Å². The van der Waals surface area contributed by atoms with Gasteiger partial charge in [-0.25, -0.2) is 0 Å². The van der Waals surface area contributed by atoms with Gasteiger partial charge in [-0.3, -0.25) is 0 Å². The zero-order valence-corrected chi connectivity index (χ0v) is 34.5. The van der Waals surface area contributed by atoms with Crippen LogP contribution in [0.3, 0.4) is 0 Å². The van der Waals surface area contributed by atoms with Crippen LogP contribution in [0.25, 0.3) is 72.0 Å². The van der Waals surface area contributed by atoms with Crippen LogP contribution in [0.2, 0.25) is 0 Å². The SMILES string of the molecule is c1ccc(-c2ccc(N(c3ccc(-c4ccccc4)cc3)c3ccc4c(c3)-n3c5ccccc5c5ccc6c(c53)-c3c-4cccc3C6(c3ccccc3)c3ccccc3)cc2)cc1. The summed E-state index contributed by atoms with van der Waals surface area (Å²) < 4.78 is 2.58. The Bertz CT molecular complexity index is 3390. The van der Waals surface area contributed by atoms with E-state index in [1.807, 2.05) is 0 Å². The number of fused-ring (bicyclic) bond motifs is 6. The van der Waals surface area contributed by atoms with E-state index in [1.54, 1.807) is 0 Å². The van der Waals surface area contributed by atoms with Crippen molar-refractivity contribution in [2.75, 3.05) is 4.90 Å². The molecule has 0 amide bonds. The molecule has 1 aromatic heterocycles. The van der Waals surface area contributed by atoms with Gasteiger partial charge in [-0.2, -0.15) is 0 Å². The van der Waals surface area contributed by atoms with Gasteiger partial charge in [-0.1, -0.05) is 200 Å². The van der Waals surface area contributed by atoms with Crippen molar-refractivity contribution < 1.29 is 0 Å². The highest BCUT2D eigenvalue weighted by molar-refractivity contribution is 6.19. The Hall–Kier alpha value is -8.20. The largest absolute Gasteiger partial charge is 0.310 e. The average molecular weight is 801 g/mol. The van der Waals surface area contributed by atoms with Gasteiger partial charge in [0, 0.05) is 39.0 Å². The van der Waals surface area contributed by atoms with Crippen LogP contribution in [0.4, 0.5) is 17.1 Å². The molecule has 0 bridgehead atoms. The summed E-state index contributed by atoms with van der Waals surface area (Å²) in [6.07, 6.45) is 0. The summed E-state index contributed by atoms with van der Waals surface area (Å²) in [5.41, 5.74) is 21.6. The monoisotopic (exact) mass is 800 g/mol.